The fraction of sp³-hybridized carbons (Fsp3) is 0.923. The zero-order valence-corrected chi connectivity index (χ0v) is 11.4. The van der Waals surface area contributed by atoms with E-state index in [9.17, 15) is 4.79 Å². The van der Waals surface area contributed by atoms with E-state index in [1.54, 1.807) is 4.90 Å². The van der Waals surface area contributed by atoms with Crippen LogP contribution in [-0.4, -0.2) is 53.6 Å². The minimum absolute atomic E-state index is 0.206. The van der Waals surface area contributed by atoms with Crippen LogP contribution in [0.2, 0.25) is 0 Å². The highest BCUT2D eigenvalue weighted by Gasteiger charge is 2.49. The van der Waals surface area contributed by atoms with Crippen LogP contribution in [0.15, 0.2) is 0 Å². The van der Waals surface area contributed by atoms with Crippen LogP contribution in [0.25, 0.3) is 0 Å². The van der Waals surface area contributed by atoms with Crippen molar-refractivity contribution in [2.75, 3.05) is 26.3 Å². The number of morpholine rings is 1. The molecule has 1 N–H and O–H groups in total. The van der Waals surface area contributed by atoms with Crippen molar-refractivity contribution in [2.24, 2.45) is 5.92 Å². The van der Waals surface area contributed by atoms with E-state index in [2.05, 4.69) is 0 Å². The van der Waals surface area contributed by atoms with Gasteiger partial charge in [0.2, 0.25) is 0 Å². The van der Waals surface area contributed by atoms with E-state index >= 15 is 0 Å². The van der Waals surface area contributed by atoms with Crippen LogP contribution in [0.5, 0.6) is 0 Å². The Hall–Kier alpha value is -0.810. The third-order valence-corrected chi connectivity index (χ3v) is 3.48. The lowest BCUT2D eigenvalue weighted by atomic mass is 9.70. The Bertz CT molecular complexity index is 317. The molecule has 1 spiro atoms. The second-order valence-electron chi connectivity index (χ2n) is 6.39. The molecular weight excluding hydrogens is 234 g/mol. The molecule has 2 fully saturated rings. The molecular formula is C13H23NO4. The topological polar surface area (TPSA) is 59.0 Å². The summed E-state index contributed by atoms with van der Waals surface area (Å²) >= 11 is 0. The van der Waals surface area contributed by atoms with Crippen molar-refractivity contribution < 1.29 is 19.4 Å². The SMILES string of the molecule is CC(C)(C)OC(=O)N1CCOC2(CC(CO)C2)C1. The van der Waals surface area contributed by atoms with Gasteiger partial charge in [0.1, 0.15) is 5.60 Å². The molecule has 1 saturated heterocycles. The van der Waals surface area contributed by atoms with Gasteiger partial charge in [0, 0.05) is 13.2 Å². The van der Waals surface area contributed by atoms with E-state index in [-0.39, 0.29) is 18.3 Å². The second kappa shape index (κ2) is 4.70. The second-order valence-corrected chi connectivity index (χ2v) is 6.39. The van der Waals surface area contributed by atoms with E-state index in [1.165, 1.54) is 0 Å². The standard InChI is InChI=1S/C13H23NO4/c1-12(2,3)18-11(16)14-4-5-17-13(9-14)6-10(7-13)8-15/h10,15H,4-9H2,1-3H3. The number of nitrogens with zero attached hydrogens (tertiary/aromatic N) is 1. The van der Waals surface area contributed by atoms with Crippen molar-refractivity contribution in [1.82, 2.24) is 4.90 Å². The smallest absolute Gasteiger partial charge is 0.410 e. The summed E-state index contributed by atoms with van der Waals surface area (Å²) in [6, 6.07) is 0. The number of carbonyl (C=O) groups is 1. The van der Waals surface area contributed by atoms with Crippen LogP contribution in [-0.2, 0) is 9.47 Å². The van der Waals surface area contributed by atoms with Crippen LogP contribution < -0.4 is 0 Å². The third kappa shape index (κ3) is 2.95. The number of hydrogen-bond donors (Lipinski definition) is 1. The molecule has 5 nitrogen and oxygen atoms in total. The summed E-state index contributed by atoms with van der Waals surface area (Å²) in [6.45, 7) is 7.53. The third-order valence-electron chi connectivity index (χ3n) is 3.48. The van der Waals surface area contributed by atoms with Gasteiger partial charge < -0.3 is 19.5 Å². The Morgan fingerprint density at radius 2 is 2.17 bits per heavy atom. The molecule has 0 radical (unpaired) electrons. The average molecular weight is 257 g/mol. The van der Waals surface area contributed by atoms with Gasteiger partial charge in [-0.3, -0.25) is 0 Å². The van der Waals surface area contributed by atoms with E-state index in [4.69, 9.17) is 14.6 Å². The molecule has 18 heavy (non-hydrogen) atoms. The number of aliphatic hydroxyl groups excluding tert-OH is 1. The number of aliphatic hydroxyl groups is 1. The van der Waals surface area contributed by atoms with Gasteiger partial charge in [-0.15, -0.1) is 0 Å². The minimum Gasteiger partial charge on any atom is -0.444 e. The first-order chi connectivity index (χ1) is 8.34. The van der Waals surface area contributed by atoms with Crippen LogP contribution in [0.4, 0.5) is 4.79 Å². The molecule has 1 amide bonds. The van der Waals surface area contributed by atoms with E-state index in [0.717, 1.165) is 12.8 Å². The van der Waals surface area contributed by atoms with E-state index < -0.39 is 5.60 Å². The molecule has 2 rings (SSSR count). The summed E-state index contributed by atoms with van der Waals surface area (Å²) in [7, 11) is 0. The van der Waals surface area contributed by atoms with Crippen molar-refractivity contribution >= 4 is 6.09 Å². The summed E-state index contributed by atoms with van der Waals surface area (Å²) in [5.74, 6) is 0.323. The Kier molecular flexibility index (Phi) is 3.56. The van der Waals surface area contributed by atoms with Crippen molar-refractivity contribution in [3.05, 3.63) is 0 Å². The van der Waals surface area contributed by atoms with E-state index in [0.29, 0.717) is 25.6 Å². The predicted molar refractivity (Wildman–Crippen MR) is 66.3 cm³/mol. The molecule has 0 bridgehead atoms. The zero-order valence-electron chi connectivity index (χ0n) is 11.4. The molecule has 0 aromatic rings. The summed E-state index contributed by atoms with van der Waals surface area (Å²) in [5.41, 5.74) is -0.696. The molecule has 0 aromatic heterocycles. The fourth-order valence-corrected chi connectivity index (χ4v) is 2.70. The fourth-order valence-electron chi connectivity index (χ4n) is 2.70. The zero-order chi connectivity index (χ0) is 13.4. The predicted octanol–water partition coefficient (Wildman–Crippen LogP) is 1.39. The Balaban J connectivity index is 1.90. The lowest BCUT2D eigenvalue weighted by Crippen LogP contribution is -2.60. The molecule has 1 aliphatic carbocycles. The molecule has 1 aliphatic heterocycles. The molecule has 1 saturated carbocycles. The number of rotatable bonds is 1. The van der Waals surface area contributed by atoms with Crippen LogP contribution in [0.1, 0.15) is 33.6 Å². The average Bonchev–Trinajstić information content (AvgIpc) is 2.23. The van der Waals surface area contributed by atoms with Gasteiger partial charge in [-0.05, 0) is 39.5 Å². The number of carbonyl (C=O) groups excluding carboxylic acids is 1. The highest BCUT2D eigenvalue weighted by atomic mass is 16.6. The van der Waals surface area contributed by atoms with Gasteiger partial charge in [-0.25, -0.2) is 4.79 Å². The molecule has 2 aliphatic rings. The number of hydrogen-bond acceptors (Lipinski definition) is 4. The Morgan fingerprint density at radius 3 is 2.72 bits per heavy atom. The largest absolute Gasteiger partial charge is 0.444 e. The highest BCUT2D eigenvalue weighted by molar-refractivity contribution is 5.68. The Labute approximate surface area is 108 Å². The van der Waals surface area contributed by atoms with Crippen LogP contribution in [0, 0.1) is 5.92 Å². The maximum Gasteiger partial charge on any atom is 0.410 e. The maximum absolute atomic E-state index is 12.0. The van der Waals surface area contributed by atoms with Gasteiger partial charge in [0.25, 0.3) is 0 Å². The lowest BCUT2D eigenvalue weighted by molar-refractivity contribution is -0.175. The van der Waals surface area contributed by atoms with Gasteiger partial charge in [-0.2, -0.15) is 0 Å². The van der Waals surface area contributed by atoms with E-state index in [1.807, 2.05) is 20.8 Å². The molecule has 0 unspecified atom stereocenters. The summed E-state index contributed by atoms with van der Waals surface area (Å²) in [6.07, 6.45) is 1.41. The lowest BCUT2D eigenvalue weighted by Gasteiger charge is -2.51. The van der Waals surface area contributed by atoms with Crippen molar-refractivity contribution in [1.29, 1.82) is 0 Å². The maximum atomic E-state index is 12.0. The van der Waals surface area contributed by atoms with Gasteiger partial charge >= 0.3 is 6.09 Å². The monoisotopic (exact) mass is 257 g/mol. The molecule has 0 atom stereocenters. The van der Waals surface area contributed by atoms with Gasteiger partial charge in [0.15, 0.2) is 0 Å². The van der Waals surface area contributed by atoms with Crippen molar-refractivity contribution in [2.45, 2.75) is 44.8 Å². The summed E-state index contributed by atoms with van der Waals surface area (Å²) in [5, 5.41) is 9.07. The first-order valence-electron chi connectivity index (χ1n) is 6.56. The molecule has 104 valence electrons. The van der Waals surface area contributed by atoms with Crippen LogP contribution >= 0.6 is 0 Å². The quantitative estimate of drug-likeness (QED) is 0.771. The number of ether oxygens (including phenoxy) is 2. The summed E-state index contributed by atoms with van der Waals surface area (Å²) in [4.78, 5) is 13.7. The highest BCUT2D eigenvalue weighted by Crippen LogP contribution is 2.42. The first-order valence-corrected chi connectivity index (χ1v) is 6.56. The Morgan fingerprint density at radius 1 is 1.50 bits per heavy atom. The summed E-state index contributed by atoms with van der Waals surface area (Å²) < 4.78 is 11.2. The molecule has 0 aromatic carbocycles. The minimum atomic E-state index is -0.463. The first kappa shape index (κ1) is 13.6. The van der Waals surface area contributed by atoms with Crippen molar-refractivity contribution in [3.8, 4) is 0 Å². The van der Waals surface area contributed by atoms with Gasteiger partial charge in [0.05, 0.1) is 18.8 Å². The molecule has 5 heteroatoms. The molecule has 1 heterocycles. The normalized spacial score (nSPS) is 32.2. The van der Waals surface area contributed by atoms with Crippen molar-refractivity contribution in [3.63, 3.8) is 0 Å². The number of amides is 1. The van der Waals surface area contributed by atoms with Gasteiger partial charge in [-0.1, -0.05) is 0 Å². The van der Waals surface area contributed by atoms with Crippen LogP contribution in [0.3, 0.4) is 0 Å².